The summed E-state index contributed by atoms with van der Waals surface area (Å²) in [5.41, 5.74) is 0.148. The summed E-state index contributed by atoms with van der Waals surface area (Å²) in [4.78, 5) is 25.8. The molecule has 0 bridgehead atoms. The van der Waals surface area contributed by atoms with Crippen molar-refractivity contribution in [1.29, 1.82) is 0 Å². The van der Waals surface area contributed by atoms with E-state index >= 15 is 0 Å². The number of alkyl halides is 3. The number of carbonyl (C=O) groups excluding carboxylic acids is 2. The van der Waals surface area contributed by atoms with Gasteiger partial charge in [-0.1, -0.05) is 0 Å². The molecule has 11 heteroatoms. The molecular formula is C16H19F3N2O5S. The largest absolute Gasteiger partial charge is 0.484 e. The highest BCUT2D eigenvalue weighted by Crippen LogP contribution is 2.19. The Kier molecular flexibility index (Phi) is 6.34. The molecule has 1 fully saturated rings. The molecule has 1 saturated heterocycles. The maximum absolute atomic E-state index is 12.3. The van der Waals surface area contributed by atoms with Crippen molar-refractivity contribution in [3.63, 3.8) is 0 Å². The van der Waals surface area contributed by atoms with Crippen molar-refractivity contribution >= 4 is 21.7 Å². The molecule has 2 rings (SSSR count). The maximum atomic E-state index is 12.3. The molecule has 0 saturated carbocycles. The molecule has 0 radical (unpaired) electrons. The first-order valence-corrected chi connectivity index (χ1v) is 9.89. The van der Waals surface area contributed by atoms with Crippen molar-refractivity contribution in [2.75, 3.05) is 31.2 Å². The molecule has 2 amide bonds. The summed E-state index contributed by atoms with van der Waals surface area (Å²) in [6.07, 6.45) is -4.46. The summed E-state index contributed by atoms with van der Waals surface area (Å²) in [6, 6.07) is 4.14. The van der Waals surface area contributed by atoms with E-state index in [4.69, 9.17) is 0 Å². The van der Waals surface area contributed by atoms with Crippen LogP contribution < -0.4 is 10.1 Å². The van der Waals surface area contributed by atoms with E-state index in [1.54, 1.807) is 0 Å². The Bertz CT molecular complexity index is 779. The number of sulfone groups is 1. The van der Waals surface area contributed by atoms with Gasteiger partial charge in [-0.05, 0) is 31.2 Å². The topological polar surface area (TPSA) is 92.8 Å². The predicted molar refractivity (Wildman–Crippen MR) is 90.2 cm³/mol. The van der Waals surface area contributed by atoms with Gasteiger partial charge in [-0.3, -0.25) is 9.59 Å². The van der Waals surface area contributed by atoms with E-state index in [9.17, 15) is 31.2 Å². The van der Waals surface area contributed by atoms with Crippen LogP contribution in [0.25, 0.3) is 0 Å². The van der Waals surface area contributed by atoms with Crippen molar-refractivity contribution in [3.8, 4) is 5.75 Å². The molecule has 150 valence electrons. The van der Waals surface area contributed by atoms with Crippen LogP contribution in [0, 0.1) is 0 Å². The number of halogens is 3. The van der Waals surface area contributed by atoms with E-state index < -0.39 is 40.5 Å². The average Bonchev–Trinajstić information content (AvgIpc) is 2.59. The molecule has 1 heterocycles. The van der Waals surface area contributed by atoms with Gasteiger partial charge in [0.05, 0.1) is 11.5 Å². The van der Waals surface area contributed by atoms with Gasteiger partial charge < -0.3 is 15.0 Å². The van der Waals surface area contributed by atoms with Crippen LogP contribution >= 0.6 is 0 Å². The highest BCUT2D eigenvalue weighted by atomic mass is 32.2. The molecular weight excluding hydrogens is 389 g/mol. The SMILES string of the molecule is CC(NC(=O)c1ccc(OCC(F)(F)F)cc1)C(=O)N1CCS(=O)(=O)CC1. The minimum atomic E-state index is -4.46. The number of hydrogen-bond acceptors (Lipinski definition) is 5. The van der Waals surface area contributed by atoms with Gasteiger partial charge in [0.2, 0.25) is 5.91 Å². The summed E-state index contributed by atoms with van der Waals surface area (Å²) in [6.45, 7) is 0.193. The lowest BCUT2D eigenvalue weighted by Crippen LogP contribution is -2.51. The maximum Gasteiger partial charge on any atom is 0.422 e. The highest BCUT2D eigenvalue weighted by Gasteiger charge is 2.29. The molecule has 1 aliphatic rings. The van der Waals surface area contributed by atoms with Gasteiger partial charge in [-0.15, -0.1) is 0 Å². The zero-order valence-electron chi connectivity index (χ0n) is 14.5. The molecule has 0 spiro atoms. The molecule has 27 heavy (non-hydrogen) atoms. The lowest BCUT2D eigenvalue weighted by molar-refractivity contribution is -0.153. The third-order valence-corrected chi connectivity index (χ3v) is 5.50. The van der Waals surface area contributed by atoms with Crippen molar-refractivity contribution in [3.05, 3.63) is 29.8 Å². The number of nitrogens with one attached hydrogen (secondary N) is 1. The van der Waals surface area contributed by atoms with Gasteiger partial charge in [0.1, 0.15) is 11.8 Å². The first-order valence-electron chi connectivity index (χ1n) is 8.06. The van der Waals surface area contributed by atoms with Crippen molar-refractivity contribution in [2.24, 2.45) is 0 Å². The van der Waals surface area contributed by atoms with E-state index in [2.05, 4.69) is 10.1 Å². The zero-order chi connectivity index (χ0) is 20.2. The van der Waals surface area contributed by atoms with Crippen LogP contribution in [0.4, 0.5) is 13.2 Å². The number of carbonyl (C=O) groups is 2. The number of benzene rings is 1. The van der Waals surface area contributed by atoms with Gasteiger partial charge in [0.15, 0.2) is 16.4 Å². The van der Waals surface area contributed by atoms with E-state index in [0.717, 1.165) is 0 Å². The Labute approximate surface area is 154 Å². The molecule has 0 aliphatic carbocycles. The van der Waals surface area contributed by atoms with Gasteiger partial charge in [0, 0.05) is 18.7 Å². The molecule has 1 aliphatic heterocycles. The fourth-order valence-electron chi connectivity index (χ4n) is 2.42. The average molecular weight is 408 g/mol. The first kappa shape index (κ1) is 21.0. The standard InChI is InChI=1S/C16H19F3N2O5S/c1-11(15(23)21-6-8-27(24,25)9-7-21)20-14(22)12-2-4-13(5-3-12)26-10-16(17,18)19/h2-5,11H,6-10H2,1H3,(H,20,22). The Morgan fingerprint density at radius 3 is 2.26 bits per heavy atom. The summed E-state index contributed by atoms with van der Waals surface area (Å²) in [7, 11) is -3.12. The normalized spacial score (nSPS) is 17.9. The van der Waals surface area contributed by atoms with Crippen molar-refractivity contribution in [1.82, 2.24) is 10.2 Å². The summed E-state index contributed by atoms with van der Waals surface area (Å²) < 4.78 is 63.7. The van der Waals surface area contributed by atoms with Crippen LogP contribution in [-0.4, -0.2) is 68.6 Å². The number of hydrogen-bond donors (Lipinski definition) is 1. The van der Waals surface area contributed by atoms with Crippen molar-refractivity contribution in [2.45, 2.75) is 19.1 Å². The Morgan fingerprint density at radius 2 is 1.74 bits per heavy atom. The van der Waals surface area contributed by atoms with E-state index in [0.29, 0.717) is 0 Å². The Hall–Kier alpha value is -2.30. The third kappa shape index (κ3) is 6.42. The first-order chi connectivity index (χ1) is 12.5. The van der Waals surface area contributed by atoms with Crippen LogP contribution in [0.15, 0.2) is 24.3 Å². The molecule has 1 N–H and O–H groups in total. The van der Waals surface area contributed by atoms with Gasteiger partial charge in [-0.25, -0.2) is 8.42 Å². The lowest BCUT2D eigenvalue weighted by atomic mass is 10.2. The fourth-order valence-corrected chi connectivity index (χ4v) is 3.62. The van der Waals surface area contributed by atoms with Gasteiger partial charge in [0.25, 0.3) is 5.91 Å². The second-order valence-corrected chi connectivity index (χ2v) is 8.40. The van der Waals surface area contributed by atoms with Gasteiger partial charge >= 0.3 is 6.18 Å². The van der Waals surface area contributed by atoms with E-state index in [1.807, 2.05) is 0 Å². The molecule has 7 nitrogen and oxygen atoms in total. The molecule has 1 aromatic carbocycles. The molecule has 1 atom stereocenters. The quantitative estimate of drug-likeness (QED) is 0.785. The van der Waals surface area contributed by atoms with E-state index in [1.165, 1.54) is 36.1 Å². The van der Waals surface area contributed by atoms with Crippen LogP contribution in [0.2, 0.25) is 0 Å². The second kappa shape index (κ2) is 8.15. The van der Waals surface area contributed by atoms with Crippen molar-refractivity contribution < 1.29 is 35.9 Å². The van der Waals surface area contributed by atoms with Gasteiger partial charge in [-0.2, -0.15) is 13.2 Å². The molecule has 0 aromatic heterocycles. The Balaban J connectivity index is 1.89. The van der Waals surface area contributed by atoms with Crippen LogP contribution in [0.3, 0.4) is 0 Å². The van der Waals surface area contributed by atoms with Crippen LogP contribution in [0.1, 0.15) is 17.3 Å². The summed E-state index contributed by atoms with van der Waals surface area (Å²) >= 11 is 0. The number of nitrogens with zero attached hydrogens (tertiary/aromatic N) is 1. The van der Waals surface area contributed by atoms with Crippen LogP contribution in [-0.2, 0) is 14.6 Å². The molecule has 1 unspecified atom stereocenters. The second-order valence-electron chi connectivity index (χ2n) is 6.10. The Morgan fingerprint density at radius 1 is 1.19 bits per heavy atom. The van der Waals surface area contributed by atoms with E-state index in [-0.39, 0.29) is 35.9 Å². The molecule has 1 aromatic rings. The summed E-state index contributed by atoms with van der Waals surface area (Å²) in [5, 5.41) is 2.49. The number of rotatable bonds is 5. The third-order valence-electron chi connectivity index (χ3n) is 3.89. The summed E-state index contributed by atoms with van der Waals surface area (Å²) in [5.74, 6) is -1.24. The number of amides is 2. The lowest BCUT2D eigenvalue weighted by Gasteiger charge is -2.29. The highest BCUT2D eigenvalue weighted by molar-refractivity contribution is 7.91. The smallest absolute Gasteiger partial charge is 0.422 e. The number of ether oxygens (including phenoxy) is 1. The minimum Gasteiger partial charge on any atom is -0.484 e. The minimum absolute atomic E-state index is 0.0393. The fraction of sp³-hybridized carbons (Fsp3) is 0.500. The predicted octanol–water partition coefficient (Wildman–Crippen LogP) is 1.00. The van der Waals surface area contributed by atoms with Crippen LogP contribution in [0.5, 0.6) is 5.75 Å². The zero-order valence-corrected chi connectivity index (χ0v) is 15.3. The monoisotopic (exact) mass is 408 g/mol.